The minimum Gasteiger partial charge on any atom is -0.456 e. The molecule has 4 heteroatoms. The van der Waals surface area contributed by atoms with Gasteiger partial charge in [0, 0.05) is 43.8 Å². The average molecular weight is 537 g/mol. The SMILES string of the molecule is N#Cc1c(-c2cccc3c2oc2ccccc23)cc(-c2cccc3oc4ccccc4c23)c(C#N)c1-c1ccccc1. The van der Waals surface area contributed by atoms with Gasteiger partial charge in [-0.1, -0.05) is 97.1 Å². The fraction of sp³-hybridized carbons (Fsp3) is 0. The summed E-state index contributed by atoms with van der Waals surface area (Å²) >= 11 is 0. The lowest BCUT2D eigenvalue weighted by atomic mass is 9.83. The first-order chi connectivity index (χ1) is 20.8. The van der Waals surface area contributed by atoms with E-state index in [4.69, 9.17) is 8.83 Å². The molecule has 0 amide bonds. The lowest BCUT2D eigenvalue weighted by Gasteiger charge is -2.17. The molecule has 0 spiro atoms. The Balaban J connectivity index is 1.55. The Morgan fingerprint density at radius 1 is 0.452 bits per heavy atom. The molecule has 0 radical (unpaired) electrons. The van der Waals surface area contributed by atoms with Gasteiger partial charge in [-0.25, -0.2) is 0 Å². The van der Waals surface area contributed by atoms with Gasteiger partial charge in [-0.15, -0.1) is 0 Å². The summed E-state index contributed by atoms with van der Waals surface area (Å²) in [4.78, 5) is 0. The van der Waals surface area contributed by atoms with Crippen LogP contribution in [0.3, 0.4) is 0 Å². The molecule has 0 atom stereocenters. The van der Waals surface area contributed by atoms with Crippen LogP contribution < -0.4 is 0 Å². The molecule has 4 nitrogen and oxygen atoms in total. The molecule has 0 saturated carbocycles. The van der Waals surface area contributed by atoms with Crippen molar-refractivity contribution in [3.8, 4) is 45.5 Å². The van der Waals surface area contributed by atoms with Crippen LogP contribution >= 0.6 is 0 Å². The smallest absolute Gasteiger partial charge is 0.143 e. The van der Waals surface area contributed by atoms with E-state index < -0.39 is 0 Å². The van der Waals surface area contributed by atoms with Crippen LogP contribution in [-0.4, -0.2) is 0 Å². The maximum Gasteiger partial charge on any atom is 0.143 e. The molecule has 0 aliphatic rings. The maximum absolute atomic E-state index is 10.7. The molecule has 0 aliphatic heterocycles. The number of hydrogen-bond acceptors (Lipinski definition) is 4. The number of rotatable bonds is 3. The quantitative estimate of drug-likeness (QED) is 0.225. The van der Waals surface area contributed by atoms with Gasteiger partial charge < -0.3 is 8.83 Å². The second-order valence-corrected chi connectivity index (χ2v) is 10.2. The van der Waals surface area contributed by atoms with Crippen molar-refractivity contribution in [2.24, 2.45) is 0 Å². The van der Waals surface area contributed by atoms with Crippen LogP contribution in [-0.2, 0) is 0 Å². The highest BCUT2D eigenvalue weighted by atomic mass is 16.3. The highest BCUT2D eigenvalue weighted by molar-refractivity contribution is 6.15. The van der Waals surface area contributed by atoms with Crippen LogP contribution in [0.4, 0.5) is 0 Å². The number of nitrogens with zero attached hydrogens (tertiary/aromatic N) is 2. The highest BCUT2D eigenvalue weighted by Gasteiger charge is 2.25. The Kier molecular flexibility index (Phi) is 5.22. The van der Waals surface area contributed by atoms with E-state index >= 15 is 0 Å². The standard InChI is InChI=1S/C38H20N2O2/c39-21-31-29(25-14-9-19-35-37(25)28-13-5-7-18-34(28)41-35)20-30(32(22-40)36(31)23-10-2-1-3-11-23)27-16-8-15-26-24-12-4-6-17-33(24)42-38(26)27/h1-20H. The first-order valence-corrected chi connectivity index (χ1v) is 13.6. The van der Waals surface area contributed by atoms with E-state index in [0.717, 1.165) is 60.5 Å². The van der Waals surface area contributed by atoms with Gasteiger partial charge in [0.05, 0.1) is 11.1 Å². The third-order valence-electron chi connectivity index (χ3n) is 8.00. The monoisotopic (exact) mass is 536 g/mol. The number of nitriles is 2. The number of para-hydroxylation sites is 3. The van der Waals surface area contributed by atoms with E-state index in [-0.39, 0.29) is 0 Å². The van der Waals surface area contributed by atoms with Crippen molar-refractivity contribution in [3.63, 3.8) is 0 Å². The summed E-state index contributed by atoms with van der Waals surface area (Å²) in [6.45, 7) is 0. The summed E-state index contributed by atoms with van der Waals surface area (Å²) in [6.07, 6.45) is 0. The van der Waals surface area contributed by atoms with E-state index in [1.807, 2.05) is 121 Å². The van der Waals surface area contributed by atoms with E-state index in [1.165, 1.54) is 0 Å². The van der Waals surface area contributed by atoms with Crippen LogP contribution in [0.5, 0.6) is 0 Å². The molecule has 0 N–H and O–H groups in total. The van der Waals surface area contributed by atoms with Crippen LogP contribution in [0.1, 0.15) is 11.1 Å². The van der Waals surface area contributed by atoms with E-state index in [2.05, 4.69) is 12.1 Å². The molecular formula is C38H20N2O2. The van der Waals surface area contributed by atoms with Crippen molar-refractivity contribution < 1.29 is 8.83 Å². The van der Waals surface area contributed by atoms with Gasteiger partial charge in [0.1, 0.15) is 34.5 Å². The van der Waals surface area contributed by atoms with Gasteiger partial charge in [0.25, 0.3) is 0 Å². The molecule has 42 heavy (non-hydrogen) atoms. The molecule has 0 aliphatic carbocycles. The van der Waals surface area contributed by atoms with Crippen LogP contribution in [0.25, 0.3) is 77.3 Å². The fourth-order valence-electron chi connectivity index (χ4n) is 6.19. The summed E-state index contributed by atoms with van der Waals surface area (Å²) < 4.78 is 12.6. The first-order valence-electron chi connectivity index (χ1n) is 13.6. The molecule has 6 aromatic carbocycles. The van der Waals surface area contributed by atoms with Crippen molar-refractivity contribution in [1.29, 1.82) is 10.5 Å². The molecule has 0 fully saturated rings. The summed E-state index contributed by atoms with van der Waals surface area (Å²) in [5.74, 6) is 0. The van der Waals surface area contributed by atoms with E-state index in [1.54, 1.807) is 0 Å². The zero-order valence-corrected chi connectivity index (χ0v) is 22.3. The fourth-order valence-corrected chi connectivity index (χ4v) is 6.19. The second-order valence-electron chi connectivity index (χ2n) is 10.2. The third kappa shape index (κ3) is 3.40. The zero-order chi connectivity index (χ0) is 28.2. The van der Waals surface area contributed by atoms with Crippen LogP contribution in [0, 0.1) is 22.7 Å². The molecule has 8 rings (SSSR count). The molecule has 0 unspecified atom stereocenters. The molecule has 0 bridgehead atoms. The Morgan fingerprint density at radius 2 is 1.02 bits per heavy atom. The van der Waals surface area contributed by atoms with Gasteiger partial charge in [-0.3, -0.25) is 0 Å². The van der Waals surface area contributed by atoms with Crippen LogP contribution in [0.2, 0.25) is 0 Å². The average Bonchev–Trinajstić information content (AvgIpc) is 3.63. The molecule has 2 heterocycles. The highest BCUT2D eigenvalue weighted by Crippen LogP contribution is 2.46. The zero-order valence-electron chi connectivity index (χ0n) is 22.3. The largest absolute Gasteiger partial charge is 0.456 e. The van der Waals surface area contributed by atoms with Crippen molar-refractivity contribution in [1.82, 2.24) is 0 Å². The Labute approximate surface area is 240 Å². The predicted molar refractivity (Wildman–Crippen MR) is 167 cm³/mol. The molecule has 8 aromatic rings. The molecule has 0 saturated heterocycles. The molecule has 2 aromatic heterocycles. The minimum atomic E-state index is 0.429. The Morgan fingerprint density at radius 3 is 1.79 bits per heavy atom. The predicted octanol–water partition coefficient (Wildman–Crippen LogP) is 10.2. The lowest BCUT2D eigenvalue weighted by molar-refractivity contribution is 0.669. The first kappa shape index (κ1) is 23.8. The normalized spacial score (nSPS) is 11.3. The lowest BCUT2D eigenvalue weighted by Crippen LogP contribution is -1.98. The van der Waals surface area contributed by atoms with Crippen molar-refractivity contribution in [2.45, 2.75) is 0 Å². The third-order valence-corrected chi connectivity index (χ3v) is 8.00. The van der Waals surface area contributed by atoms with Crippen molar-refractivity contribution in [3.05, 3.63) is 132 Å². The molecular weight excluding hydrogens is 516 g/mol. The van der Waals surface area contributed by atoms with Crippen LogP contribution in [0.15, 0.2) is 130 Å². The number of furan rings is 2. The van der Waals surface area contributed by atoms with E-state index in [9.17, 15) is 10.5 Å². The van der Waals surface area contributed by atoms with Crippen molar-refractivity contribution >= 4 is 43.9 Å². The summed E-state index contributed by atoms with van der Waals surface area (Å²) in [6, 6.07) is 44.4. The minimum absolute atomic E-state index is 0.429. The second kappa shape index (κ2) is 9.24. The summed E-state index contributed by atoms with van der Waals surface area (Å²) in [7, 11) is 0. The maximum atomic E-state index is 10.7. The number of benzene rings is 6. The topological polar surface area (TPSA) is 73.9 Å². The van der Waals surface area contributed by atoms with Gasteiger partial charge in [-0.2, -0.15) is 10.5 Å². The van der Waals surface area contributed by atoms with Crippen molar-refractivity contribution in [2.75, 3.05) is 0 Å². The van der Waals surface area contributed by atoms with Gasteiger partial charge in [0.2, 0.25) is 0 Å². The Hall–Kier alpha value is -6.10. The van der Waals surface area contributed by atoms with Gasteiger partial charge in [-0.05, 0) is 35.4 Å². The van der Waals surface area contributed by atoms with E-state index in [0.29, 0.717) is 27.8 Å². The number of hydrogen-bond donors (Lipinski definition) is 0. The van der Waals surface area contributed by atoms with Gasteiger partial charge in [0.15, 0.2) is 0 Å². The summed E-state index contributed by atoms with van der Waals surface area (Å²) in [5.41, 5.74) is 8.39. The molecule has 194 valence electrons. The Bertz CT molecular complexity index is 2430. The van der Waals surface area contributed by atoms with Gasteiger partial charge >= 0.3 is 0 Å². The number of fused-ring (bicyclic) bond motifs is 6. The summed E-state index contributed by atoms with van der Waals surface area (Å²) in [5, 5.41) is 25.3.